The van der Waals surface area contributed by atoms with Gasteiger partial charge >= 0.3 is 0 Å². The highest BCUT2D eigenvalue weighted by atomic mass is 16.3. The summed E-state index contributed by atoms with van der Waals surface area (Å²) in [4.78, 5) is 27.6. The fraction of sp³-hybridized carbons (Fsp3) is 0.714. The van der Waals surface area contributed by atoms with Crippen molar-refractivity contribution in [2.24, 2.45) is 11.8 Å². The number of carbonyl (C=O) groups excluding carboxylic acids is 2. The van der Waals surface area contributed by atoms with Crippen LogP contribution in [0, 0.1) is 11.8 Å². The maximum Gasteiger partial charge on any atom is 0.233 e. The number of hydrogen-bond donors (Lipinski definition) is 1. The van der Waals surface area contributed by atoms with Crippen LogP contribution >= 0.6 is 0 Å². The van der Waals surface area contributed by atoms with E-state index in [2.05, 4.69) is 0 Å². The number of likely N-dealkylation sites (tertiary alicyclic amines) is 1. The summed E-state index contributed by atoms with van der Waals surface area (Å²) >= 11 is 0. The fourth-order valence-corrected chi connectivity index (χ4v) is 3.10. The third-order valence-electron chi connectivity index (χ3n) is 3.75. The van der Waals surface area contributed by atoms with E-state index >= 15 is 0 Å². The van der Waals surface area contributed by atoms with E-state index in [4.69, 9.17) is 0 Å². The second kappa shape index (κ2) is 5.06. The molecule has 19 heavy (non-hydrogen) atoms. The third kappa shape index (κ3) is 2.87. The van der Waals surface area contributed by atoms with Gasteiger partial charge in [0.1, 0.15) is 0 Å². The molecule has 1 saturated heterocycles. The predicted octanol–water partition coefficient (Wildman–Crippen LogP) is 0.250. The topological polar surface area (TPSA) is 60.9 Å². The van der Waals surface area contributed by atoms with E-state index in [1.54, 1.807) is 6.92 Å². The van der Waals surface area contributed by atoms with Gasteiger partial charge in [-0.2, -0.15) is 0 Å². The van der Waals surface area contributed by atoms with Crippen LogP contribution in [0.5, 0.6) is 0 Å². The first-order chi connectivity index (χ1) is 8.82. The van der Waals surface area contributed by atoms with Crippen molar-refractivity contribution in [2.45, 2.75) is 25.4 Å². The first-order valence-electron chi connectivity index (χ1n) is 6.69. The third-order valence-corrected chi connectivity index (χ3v) is 3.75. The number of hydrogen-bond acceptors (Lipinski definition) is 4. The Bertz CT molecular complexity index is 389. The number of β-amino-alcohol motifs (C(OH)–C–C–N with tert-alkyl or cyclic N) is 1. The monoisotopic (exact) mass is 266 g/mol. The molecule has 0 bridgehead atoms. The van der Waals surface area contributed by atoms with Crippen molar-refractivity contribution in [1.29, 1.82) is 0 Å². The standard InChI is InChI=1S/C14H22N2O3/c1-14(19,8-15(2)3)9-16-12(17)10-6-4-5-7-11(10)13(16)18/h4-5,10-11,19H,6-9H2,1-3H3/t10-,11+,14?. The average Bonchev–Trinajstić information content (AvgIpc) is 2.53. The number of fused-ring (bicyclic) bond motifs is 1. The van der Waals surface area contributed by atoms with Gasteiger partial charge in [0.2, 0.25) is 11.8 Å². The summed E-state index contributed by atoms with van der Waals surface area (Å²) in [7, 11) is 3.71. The van der Waals surface area contributed by atoms with Gasteiger partial charge in [-0.25, -0.2) is 0 Å². The highest BCUT2D eigenvalue weighted by molar-refractivity contribution is 6.05. The maximum absolute atomic E-state index is 12.3. The van der Waals surface area contributed by atoms with E-state index in [9.17, 15) is 14.7 Å². The van der Waals surface area contributed by atoms with Gasteiger partial charge in [0.15, 0.2) is 0 Å². The minimum atomic E-state index is -1.07. The van der Waals surface area contributed by atoms with Gasteiger partial charge in [0.25, 0.3) is 0 Å². The van der Waals surface area contributed by atoms with Crippen molar-refractivity contribution in [1.82, 2.24) is 9.80 Å². The van der Waals surface area contributed by atoms with Crippen LogP contribution in [0.1, 0.15) is 19.8 Å². The molecule has 5 heteroatoms. The van der Waals surface area contributed by atoms with E-state index < -0.39 is 5.60 Å². The van der Waals surface area contributed by atoms with Crippen LogP contribution in [-0.4, -0.2) is 59.5 Å². The summed E-state index contributed by atoms with van der Waals surface area (Å²) in [6.45, 7) is 2.15. The Morgan fingerprint density at radius 2 is 1.74 bits per heavy atom. The predicted molar refractivity (Wildman–Crippen MR) is 71.3 cm³/mol. The molecule has 2 aliphatic rings. The van der Waals surface area contributed by atoms with Crippen LogP contribution < -0.4 is 0 Å². The molecular weight excluding hydrogens is 244 g/mol. The molecule has 1 unspecified atom stereocenters. The van der Waals surface area contributed by atoms with Gasteiger partial charge in [-0.1, -0.05) is 12.2 Å². The maximum atomic E-state index is 12.3. The lowest BCUT2D eigenvalue weighted by atomic mass is 9.85. The molecule has 1 fully saturated rings. The molecule has 0 aromatic heterocycles. The van der Waals surface area contributed by atoms with E-state index in [-0.39, 0.29) is 30.2 Å². The van der Waals surface area contributed by atoms with Gasteiger partial charge in [-0.3, -0.25) is 14.5 Å². The van der Waals surface area contributed by atoms with Crippen molar-refractivity contribution >= 4 is 11.8 Å². The number of rotatable bonds is 4. The lowest BCUT2D eigenvalue weighted by Gasteiger charge is -2.30. The number of nitrogens with zero attached hydrogens (tertiary/aromatic N) is 2. The van der Waals surface area contributed by atoms with Crippen molar-refractivity contribution in [3.8, 4) is 0 Å². The van der Waals surface area contributed by atoms with Gasteiger partial charge in [0, 0.05) is 6.54 Å². The summed E-state index contributed by atoms with van der Waals surface area (Å²) in [6, 6.07) is 0. The molecule has 0 saturated carbocycles. The van der Waals surface area contributed by atoms with Crippen LogP contribution in [0.3, 0.4) is 0 Å². The molecule has 1 aliphatic carbocycles. The van der Waals surface area contributed by atoms with Gasteiger partial charge in [-0.15, -0.1) is 0 Å². The molecule has 1 heterocycles. The van der Waals surface area contributed by atoms with E-state index in [1.165, 1.54) is 4.90 Å². The molecule has 0 spiro atoms. The Hall–Kier alpha value is -1.20. The SMILES string of the molecule is CN(C)CC(C)(O)CN1C(=O)[C@H]2CC=CC[C@H]2C1=O. The fourth-order valence-electron chi connectivity index (χ4n) is 3.10. The zero-order valence-electron chi connectivity index (χ0n) is 11.8. The minimum absolute atomic E-state index is 0.0792. The Balaban J connectivity index is 2.09. The van der Waals surface area contributed by atoms with Crippen molar-refractivity contribution < 1.29 is 14.7 Å². The number of aliphatic hydroxyl groups is 1. The smallest absolute Gasteiger partial charge is 0.233 e. The molecule has 0 aromatic carbocycles. The number of likely N-dealkylation sites (N-methyl/N-ethyl adjacent to an activating group) is 1. The van der Waals surface area contributed by atoms with Crippen LogP contribution in [0.25, 0.3) is 0 Å². The largest absolute Gasteiger partial charge is 0.387 e. The summed E-state index contributed by atoms with van der Waals surface area (Å²) < 4.78 is 0. The summed E-state index contributed by atoms with van der Waals surface area (Å²) in [5.74, 6) is -0.683. The Kier molecular flexibility index (Phi) is 3.78. The van der Waals surface area contributed by atoms with Crippen LogP contribution in [-0.2, 0) is 9.59 Å². The number of allylic oxidation sites excluding steroid dienone is 2. The van der Waals surface area contributed by atoms with E-state index in [0.717, 1.165) is 0 Å². The molecule has 106 valence electrons. The Morgan fingerprint density at radius 1 is 1.26 bits per heavy atom. The molecular formula is C14H22N2O3. The first kappa shape index (κ1) is 14.2. The molecule has 1 aliphatic heterocycles. The molecule has 2 rings (SSSR count). The summed E-state index contributed by atoms with van der Waals surface area (Å²) in [5.41, 5.74) is -1.07. The second-order valence-electron chi connectivity index (χ2n) is 6.15. The zero-order valence-corrected chi connectivity index (χ0v) is 11.8. The van der Waals surface area contributed by atoms with Gasteiger partial charge in [0.05, 0.1) is 24.0 Å². The van der Waals surface area contributed by atoms with Gasteiger partial charge < -0.3 is 10.0 Å². The summed E-state index contributed by atoms with van der Waals surface area (Å²) in [5, 5.41) is 10.3. The molecule has 5 nitrogen and oxygen atoms in total. The highest BCUT2D eigenvalue weighted by Gasteiger charge is 2.48. The molecule has 0 radical (unpaired) electrons. The minimum Gasteiger partial charge on any atom is -0.387 e. The van der Waals surface area contributed by atoms with Crippen LogP contribution in [0.15, 0.2) is 12.2 Å². The lowest BCUT2D eigenvalue weighted by Crippen LogP contribution is -2.49. The van der Waals surface area contributed by atoms with Gasteiger partial charge in [-0.05, 0) is 33.9 Å². The average molecular weight is 266 g/mol. The molecule has 2 amide bonds. The number of amides is 2. The number of imide groups is 1. The quantitative estimate of drug-likeness (QED) is 0.585. The summed E-state index contributed by atoms with van der Waals surface area (Å²) in [6.07, 6.45) is 5.21. The zero-order chi connectivity index (χ0) is 14.2. The number of carbonyl (C=O) groups is 2. The second-order valence-corrected chi connectivity index (χ2v) is 6.15. The highest BCUT2D eigenvalue weighted by Crippen LogP contribution is 2.35. The van der Waals surface area contributed by atoms with E-state index in [0.29, 0.717) is 19.4 Å². The lowest BCUT2D eigenvalue weighted by molar-refractivity contribution is -0.144. The molecule has 1 N–H and O–H groups in total. The Morgan fingerprint density at radius 3 is 2.16 bits per heavy atom. The normalized spacial score (nSPS) is 29.8. The Labute approximate surface area is 113 Å². The van der Waals surface area contributed by atoms with E-state index in [1.807, 2.05) is 31.1 Å². The molecule has 3 atom stereocenters. The van der Waals surface area contributed by atoms with Crippen molar-refractivity contribution in [2.75, 3.05) is 27.2 Å². The van der Waals surface area contributed by atoms with Crippen molar-refractivity contribution in [3.63, 3.8) is 0 Å². The molecule has 0 aromatic rings. The van der Waals surface area contributed by atoms with Crippen LogP contribution in [0.2, 0.25) is 0 Å². The van der Waals surface area contributed by atoms with Crippen molar-refractivity contribution in [3.05, 3.63) is 12.2 Å². The first-order valence-corrected chi connectivity index (χ1v) is 6.69. The van der Waals surface area contributed by atoms with Crippen LogP contribution in [0.4, 0.5) is 0 Å².